The van der Waals surface area contributed by atoms with Gasteiger partial charge in [0.05, 0.1) is 31.4 Å². The molecule has 1 N–H and O–H groups in total. The highest BCUT2D eigenvalue weighted by atomic mass is 16.5. The molecule has 3 rings (SSSR count). The molecular formula is C21H29N3O4. The van der Waals surface area contributed by atoms with E-state index in [1.807, 2.05) is 26.0 Å². The van der Waals surface area contributed by atoms with Gasteiger partial charge in [-0.05, 0) is 31.9 Å². The molecule has 0 unspecified atom stereocenters. The maximum absolute atomic E-state index is 13.0. The van der Waals surface area contributed by atoms with Crippen molar-refractivity contribution in [1.29, 1.82) is 0 Å². The predicted molar refractivity (Wildman–Crippen MR) is 106 cm³/mol. The minimum absolute atomic E-state index is 0.221. The molecule has 0 radical (unpaired) electrons. The van der Waals surface area contributed by atoms with Crippen LogP contribution in [-0.2, 0) is 14.3 Å². The number of nitrogens with one attached hydrogen (secondary N) is 1. The zero-order valence-electron chi connectivity index (χ0n) is 17.1. The van der Waals surface area contributed by atoms with E-state index in [0.717, 1.165) is 29.8 Å². The fraction of sp³-hybridized carbons (Fsp3) is 0.524. The lowest BCUT2D eigenvalue weighted by Gasteiger charge is -2.38. The second-order valence-electron chi connectivity index (χ2n) is 7.27. The minimum atomic E-state index is -0.528. The van der Waals surface area contributed by atoms with Crippen molar-refractivity contribution in [3.63, 3.8) is 0 Å². The largest absolute Gasteiger partial charge is 0.463 e. The number of aryl methyl sites for hydroxylation is 2. The van der Waals surface area contributed by atoms with Gasteiger partial charge in [-0.2, -0.15) is 0 Å². The van der Waals surface area contributed by atoms with Crippen LogP contribution in [0.4, 0.5) is 4.79 Å². The molecule has 1 aromatic carbocycles. The first-order chi connectivity index (χ1) is 13.4. The van der Waals surface area contributed by atoms with Gasteiger partial charge < -0.3 is 14.8 Å². The number of benzene rings is 1. The highest BCUT2D eigenvalue weighted by molar-refractivity contribution is 5.95. The van der Waals surface area contributed by atoms with E-state index >= 15 is 0 Å². The molecule has 2 amide bonds. The summed E-state index contributed by atoms with van der Waals surface area (Å²) in [7, 11) is 1.70. The number of nitrogens with zero attached hydrogens (tertiary/aromatic N) is 2. The summed E-state index contributed by atoms with van der Waals surface area (Å²) in [5.74, 6) is -0.386. The summed E-state index contributed by atoms with van der Waals surface area (Å²) in [5, 5.41) is 2.98. The Hall–Kier alpha value is -2.38. The first kappa shape index (κ1) is 20.4. The summed E-state index contributed by atoms with van der Waals surface area (Å²) in [6.45, 7) is 9.43. The molecule has 152 valence electrons. The van der Waals surface area contributed by atoms with Crippen molar-refractivity contribution in [3.8, 4) is 0 Å². The Morgan fingerprint density at radius 2 is 2.00 bits per heavy atom. The van der Waals surface area contributed by atoms with E-state index in [0.29, 0.717) is 31.0 Å². The molecule has 0 bridgehead atoms. The van der Waals surface area contributed by atoms with Crippen molar-refractivity contribution < 1.29 is 19.1 Å². The zero-order valence-corrected chi connectivity index (χ0v) is 17.1. The standard InChI is InChI=1S/C21H29N3O4/c1-5-28-20(25)18-17(13-24-8-10-27-11-9-24)23(4)21(26)22-19(18)16-7-6-14(2)12-15(16)3/h6-7,12,19H,5,8-11,13H2,1-4H3,(H,22,26)/t19-/m1/s1. The third-order valence-electron chi connectivity index (χ3n) is 5.29. The Balaban J connectivity index is 2.07. The molecule has 2 aliphatic heterocycles. The average molecular weight is 387 g/mol. The second kappa shape index (κ2) is 8.75. The first-order valence-electron chi connectivity index (χ1n) is 9.74. The third kappa shape index (κ3) is 4.20. The van der Waals surface area contributed by atoms with Gasteiger partial charge in [0, 0.05) is 32.4 Å². The van der Waals surface area contributed by atoms with Crippen LogP contribution < -0.4 is 5.32 Å². The van der Waals surface area contributed by atoms with E-state index in [1.165, 1.54) is 4.90 Å². The van der Waals surface area contributed by atoms with Crippen LogP contribution in [0.3, 0.4) is 0 Å². The maximum Gasteiger partial charge on any atom is 0.338 e. The number of carbonyl (C=O) groups is 2. The summed E-state index contributed by atoms with van der Waals surface area (Å²) in [4.78, 5) is 29.4. The monoisotopic (exact) mass is 387 g/mol. The molecule has 7 nitrogen and oxygen atoms in total. The number of morpholine rings is 1. The number of likely N-dealkylation sites (N-methyl/N-ethyl adjacent to an activating group) is 1. The molecule has 0 aromatic heterocycles. The van der Waals surface area contributed by atoms with E-state index < -0.39 is 6.04 Å². The van der Waals surface area contributed by atoms with Crippen LogP contribution in [0, 0.1) is 13.8 Å². The summed E-state index contributed by atoms with van der Waals surface area (Å²) >= 11 is 0. The van der Waals surface area contributed by atoms with Crippen LogP contribution in [0.2, 0.25) is 0 Å². The van der Waals surface area contributed by atoms with Gasteiger partial charge in [-0.1, -0.05) is 23.8 Å². The molecule has 1 saturated heterocycles. The van der Waals surface area contributed by atoms with Gasteiger partial charge in [0.2, 0.25) is 0 Å². The van der Waals surface area contributed by atoms with Crippen molar-refractivity contribution in [2.45, 2.75) is 26.8 Å². The number of amides is 2. The Kier molecular flexibility index (Phi) is 6.36. The third-order valence-corrected chi connectivity index (χ3v) is 5.29. The number of hydrogen-bond donors (Lipinski definition) is 1. The van der Waals surface area contributed by atoms with Crippen molar-refractivity contribution in [2.24, 2.45) is 0 Å². The molecule has 0 spiro atoms. The lowest BCUT2D eigenvalue weighted by Crippen LogP contribution is -2.50. The van der Waals surface area contributed by atoms with E-state index in [9.17, 15) is 9.59 Å². The van der Waals surface area contributed by atoms with E-state index in [2.05, 4.69) is 16.3 Å². The molecule has 7 heteroatoms. The normalized spacial score (nSPS) is 20.9. The molecule has 1 aromatic rings. The summed E-state index contributed by atoms with van der Waals surface area (Å²) < 4.78 is 10.8. The van der Waals surface area contributed by atoms with Gasteiger partial charge in [0.1, 0.15) is 0 Å². The number of hydrogen-bond acceptors (Lipinski definition) is 5. The van der Waals surface area contributed by atoms with Crippen LogP contribution in [0.5, 0.6) is 0 Å². The van der Waals surface area contributed by atoms with Crippen molar-refractivity contribution in [3.05, 3.63) is 46.2 Å². The van der Waals surface area contributed by atoms with Crippen LogP contribution in [0.25, 0.3) is 0 Å². The molecule has 2 heterocycles. The Bertz CT molecular complexity index is 784. The van der Waals surface area contributed by atoms with Crippen LogP contribution in [-0.4, -0.2) is 68.3 Å². The number of rotatable bonds is 5. The van der Waals surface area contributed by atoms with Crippen LogP contribution >= 0.6 is 0 Å². The SMILES string of the molecule is CCOC(=O)C1=C(CN2CCOCC2)N(C)C(=O)N[C@@H]1c1ccc(C)cc1C. The van der Waals surface area contributed by atoms with Gasteiger partial charge in [0.25, 0.3) is 0 Å². The number of esters is 1. The highest BCUT2D eigenvalue weighted by Crippen LogP contribution is 2.33. The molecule has 0 aliphatic carbocycles. The van der Waals surface area contributed by atoms with Gasteiger partial charge in [-0.25, -0.2) is 9.59 Å². The Morgan fingerprint density at radius 3 is 2.64 bits per heavy atom. The van der Waals surface area contributed by atoms with Crippen LogP contribution in [0.15, 0.2) is 29.5 Å². The van der Waals surface area contributed by atoms with E-state index in [1.54, 1.807) is 14.0 Å². The van der Waals surface area contributed by atoms with Gasteiger partial charge >= 0.3 is 12.0 Å². The maximum atomic E-state index is 13.0. The second-order valence-corrected chi connectivity index (χ2v) is 7.27. The van der Waals surface area contributed by atoms with Gasteiger partial charge in [0.15, 0.2) is 0 Å². The number of ether oxygens (including phenoxy) is 2. The number of carbonyl (C=O) groups excluding carboxylic acids is 2. The highest BCUT2D eigenvalue weighted by Gasteiger charge is 2.37. The molecule has 1 fully saturated rings. The molecule has 2 aliphatic rings. The Morgan fingerprint density at radius 1 is 1.29 bits per heavy atom. The summed E-state index contributed by atoms with van der Waals surface area (Å²) in [6, 6.07) is 5.29. The molecule has 28 heavy (non-hydrogen) atoms. The first-order valence-corrected chi connectivity index (χ1v) is 9.74. The Labute approximate surface area is 166 Å². The van der Waals surface area contributed by atoms with Crippen molar-refractivity contribution in [1.82, 2.24) is 15.1 Å². The number of urea groups is 1. The lowest BCUT2D eigenvalue weighted by atomic mass is 9.90. The fourth-order valence-corrected chi connectivity index (χ4v) is 3.75. The zero-order chi connectivity index (χ0) is 20.3. The topological polar surface area (TPSA) is 71.1 Å². The quantitative estimate of drug-likeness (QED) is 0.784. The summed E-state index contributed by atoms with van der Waals surface area (Å²) in [6.07, 6.45) is 0. The van der Waals surface area contributed by atoms with E-state index in [-0.39, 0.29) is 18.6 Å². The fourth-order valence-electron chi connectivity index (χ4n) is 3.75. The average Bonchev–Trinajstić information content (AvgIpc) is 2.66. The van der Waals surface area contributed by atoms with Crippen molar-refractivity contribution in [2.75, 3.05) is 46.5 Å². The molecule has 0 saturated carbocycles. The van der Waals surface area contributed by atoms with E-state index in [4.69, 9.17) is 9.47 Å². The predicted octanol–water partition coefficient (Wildman–Crippen LogP) is 2.15. The lowest BCUT2D eigenvalue weighted by molar-refractivity contribution is -0.139. The van der Waals surface area contributed by atoms with Gasteiger partial charge in [-0.3, -0.25) is 9.80 Å². The van der Waals surface area contributed by atoms with Gasteiger partial charge in [-0.15, -0.1) is 0 Å². The molecular weight excluding hydrogens is 358 g/mol. The molecule has 1 atom stereocenters. The minimum Gasteiger partial charge on any atom is -0.463 e. The smallest absolute Gasteiger partial charge is 0.338 e. The van der Waals surface area contributed by atoms with Crippen molar-refractivity contribution >= 4 is 12.0 Å². The summed E-state index contributed by atoms with van der Waals surface area (Å²) in [5.41, 5.74) is 4.27. The van der Waals surface area contributed by atoms with Crippen LogP contribution in [0.1, 0.15) is 29.7 Å².